The molecule has 1 heterocycles. The van der Waals surface area contributed by atoms with Crippen molar-refractivity contribution in [2.75, 3.05) is 11.4 Å². The number of unbranched alkanes of at least 4 members (excludes halogenated alkanes) is 1. The van der Waals surface area contributed by atoms with Crippen LogP contribution < -0.4 is 4.90 Å². The Morgan fingerprint density at radius 1 is 1.26 bits per heavy atom. The van der Waals surface area contributed by atoms with Crippen LogP contribution in [0.25, 0.3) is 6.08 Å². The summed E-state index contributed by atoms with van der Waals surface area (Å²) in [7, 11) is 0. The van der Waals surface area contributed by atoms with E-state index in [0.717, 1.165) is 30.7 Å². The lowest BCUT2D eigenvalue weighted by molar-refractivity contribution is -0.115. The number of fused-ring (bicyclic) bond motifs is 2. The first-order chi connectivity index (χ1) is 9.31. The van der Waals surface area contributed by atoms with E-state index in [4.69, 9.17) is 0 Å². The van der Waals surface area contributed by atoms with Crippen molar-refractivity contribution in [2.45, 2.75) is 32.6 Å². The Bertz CT molecular complexity index is 568. The predicted octanol–water partition coefficient (Wildman–Crippen LogP) is 3.94. The fraction of sp³-hybridized carbons (Fsp3) is 0.353. The normalized spacial score (nSPS) is 17.5. The van der Waals surface area contributed by atoms with E-state index >= 15 is 0 Å². The molecule has 0 aromatic heterocycles. The van der Waals surface area contributed by atoms with Gasteiger partial charge < -0.3 is 4.90 Å². The van der Waals surface area contributed by atoms with Gasteiger partial charge >= 0.3 is 0 Å². The number of carbonyl (C=O) groups excluding carboxylic acids is 1. The van der Waals surface area contributed by atoms with Gasteiger partial charge in [-0.15, -0.1) is 0 Å². The molecule has 0 saturated carbocycles. The van der Waals surface area contributed by atoms with Crippen molar-refractivity contribution in [3.8, 4) is 0 Å². The van der Waals surface area contributed by atoms with Crippen molar-refractivity contribution in [2.24, 2.45) is 0 Å². The quantitative estimate of drug-likeness (QED) is 0.813. The number of hydrogen-bond acceptors (Lipinski definition) is 2. The van der Waals surface area contributed by atoms with Gasteiger partial charge in [0, 0.05) is 29.9 Å². The van der Waals surface area contributed by atoms with Gasteiger partial charge in [0.05, 0.1) is 0 Å². The summed E-state index contributed by atoms with van der Waals surface area (Å²) in [5, 5.41) is 0. The monoisotopic (exact) mass is 253 g/mol. The standard InChI is InChI=1S/C17H19NO/c1-2-3-11-18-15-8-5-4-7-13(15)12-14-16(18)9-6-10-17(14)19/h4-5,7-9,12H,2-3,6,10-11H2,1H3. The molecular weight excluding hydrogens is 234 g/mol. The number of allylic oxidation sites excluding steroid dienone is 2. The van der Waals surface area contributed by atoms with Crippen molar-refractivity contribution < 1.29 is 4.79 Å². The number of anilines is 1. The van der Waals surface area contributed by atoms with E-state index < -0.39 is 0 Å². The van der Waals surface area contributed by atoms with E-state index in [-0.39, 0.29) is 5.78 Å². The van der Waals surface area contributed by atoms with Gasteiger partial charge in [0.25, 0.3) is 0 Å². The molecule has 0 fully saturated rings. The summed E-state index contributed by atoms with van der Waals surface area (Å²) in [5.74, 6) is 0.286. The molecule has 0 radical (unpaired) electrons. The van der Waals surface area contributed by atoms with Gasteiger partial charge in [-0.25, -0.2) is 0 Å². The van der Waals surface area contributed by atoms with E-state index in [1.165, 1.54) is 17.7 Å². The van der Waals surface area contributed by atoms with E-state index in [1.807, 2.05) is 6.07 Å². The van der Waals surface area contributed by atoms with Crippen molar-refractivity contribution in [1.82, 2.24) is 0 Å². The second-order valence-corrected chi connectivity index (χ2v) is 5.17. The highest BCUT2D eigenvalue weighted by molar-refractivity contribution is 6.07. The van der Waals surface area contributed by atoms with Gasteiger partial charge in [0.15, 0.2) is 5.78 Å². The number of rotatable bonds is 3. The molecule has 0 spiro atoms. The molecule has 1 aromatic carbocycles. The van der Waals surface area contributed by atoms with E-state index in [9.17, 15) is 4.79 Å². The minimum Gasteiger partial charge on any atom is -0.341 e. The average Bonchev–Trinajstić information content (AvgIpc) is 2.44. The van der Waals surface area contributed by atoms with E-state index in [2.05, 4.69) is 42.2 Å². The zero-order chi connectivity index (χ0) is 13.2. The topological polar surface area (TPSA) is 20.3 Å². The Morgan fingerprint density at radius 3 is 2.95 bits per heavy atom. The Kier molecular flexibility index (Phi) is 3.24. The molecule has 2 nitrogen and oxygen atoms in total. The highest BCUT2D eigenvalue weighted by atomic mass is 16.1. The highest BCUT2D eigenvalue weighted by Gasteiger charge is 2.28. The van der Waals surface area contributed by atoms with Crippen LogP contribution >= 0.6 is 0 Å². The maximum absolute atomic E-state index is 12.1. The Morgan fingerprint density at radius 2 is 2.11 bits per heavy atom. The Hall–Kier alpha value is -1.83. The summed E-state index contributed by atoms with van der Waals surface area (Å²) in [6.07, 6.45) is 8.12. The van der Waals surface area contributed by atoms with Crippen LogP contribution in [-0.4, -0.2) is 12.3 Å². The average molecular weight is 253 g/mol. The van der Waals surface area contributed by atoms with E-state index in [0.29, 0.717) is 6.42 Å². The molecule has 0 N–H and O–H groups in total. The second kappa shape index (κ2) is 5.04. The summed E-state index contributed by atoms with van der Waals surface area (Å²) in [6.45, 7) is 3.19. The molecule has 0 atom stereocenters. The lowest BCUT2D eigenvalue weighted by Gasteiger charge is -2.35. The molecule has 98 valence electrons. The Labute approximate surface area is 114 Å². The van der Waals surface area contributed by atoms with Gasteiger partial charge in [0.1, 0.15) is 0 Å². The molecule has 0 unspecified atom stereocenters. The summed E-state index contributed by atoms with van der Waals surface area (Å²) in [6, 6.07) is 8.36. The summed E-state index contributed by atoms with van der Waals surface area (Å²) in [5.41, 5.74) is 4.44. The number of carbonyl (C=O) groups is 1. The number of ketones is 1. The predicted molar refractivity (Wildman–Crippen MR) is 79.0 cm³/mol. The van der Waals surface area contributed by atoms with Crippen LogP contribution in [0.3, 0.4) is 0 Å². The third kappa shape index (κ3) is 2.12. The lowest BCUT2D eigenvalue weighted by atomic mass is 9.90. The van der Waals surface area contributed by atoms with Crippen LogP contribution in [0.2, 0.25) is 0 Å². The van der Waals surface area contributed by atoms with E-state index in [1.54, 1.807) is 0 Å². The number of nitrogens with zero attached hydrogens (tertiary/aromatic N) is 1. The van der Waals surface area contributed by atoms with Crippen molar-refractivity contribution in [3.05, 3.63) is 47.2 Å². The lowest BCUT2D eigenvalue weighted by Crippen LogP contribution is -2.31. The summed E-state index contributed by atoms with van der Waals surface area (Å²) < 4.78 is 0. The van der Waals surface area contributed by atoms with Crippen LogP contribution in [0.5, 0.6) is 0 Å². The molecular formula is C17H19NO. The van der Waals surface area contributed by atoms with Gasteiger partial charge in [-0.2, -0.15) is 0 Å². The molecule has 3 rings (SSSR count). The SMILES string of the molecule is CCCCN1C2=CCCC(=O)C2=Cc2ccccc21. The first-order valence-electron chi connectivity index (χ1n) is 7.13. The maximum Gasteiger partial charge on any atom is 0.165 e. The molecule has 19 heavy (non-hydrogen) atoms. The number of para-hydroxylation sites is 1. The van der Waals surface area contributed by atoms with Gasteiger partial charge in [-0.05, 0) is 30.5 Å². The minimum absolute atomic E-state index is 0.286. The molecule has 1 aliphatic heterocycles. The molecule has 0 amide bonds. The van der Waals surface area contributed by atoms with Crippen molar-refractivity contribution in [1.29, 1.82) is 0 Å². The Balaban J connectivity index is 2.09. The zero-order valence-corrected chi connectivity index (χ0v) is 11.4. The number of hydrogen-bond donors (Lipinski definition) is 0. The van der Waals surface area contributed by atoms with Crippen molar-refractivity contribution >= 4 is 17.5 Å². The van der Waals surface area contributed by atoms with Crippen LogP contribution in [0.15, 0.2) is 41.6 Å². The highest BCUT2D eigenvalue weighted by Crippen LogP contribution is 2.37. The van der Waals surface area contributed by atoms with Crippen LogP contribution in [-0.2, 0) is 4.79 Å². The first-order valence-corrected chi connectivity index (χ1v) is 7.13. The zero-order valence-electron chi connectivity index (χ0n) is 11.4. The van der Waals surface area contributed by atoms with Gasteiger partial charge in [-0.1, -0.05) is 37.6 Å². The summed E-state index contributed by atoms with van der Waals surface area (Å²) >= 11 is 0. The largest absolute Gasteiger partial charge is 0.341 e. The second-order valence-electron chi connectivity index (χ2n) is 5.17. The fourth-order valence-corrected chi connectivity index (χ4v) is 2.84. The first kappa shape index (κ1) is 12.2. The smallest absolute Gasteiger partial charge is 0.165 e. The third-order valence-electron chi connectivity index (χ3n) is 3.84. The molecule has 2 aliphatic rings. The summed E-state index contributed by atoms with van der Waals surface area (Å²) in [4.78, 5) is 14.4. The maximum atomic E-state index is 12.1. The number of benzene rings is 1. The molecule has 1 aliphatic carbocycles. The molecule has 1 aromatic rings. The van der Waals surface area contributed by atoms with Crippen molar-refractivity contribution in [3.63, 3.8) is 0 Å². The van der Waals surface area contributed by atoms with Crippen LogP contribution in [0.4, 0.5) is 5.69 Å². The molecule has 2 heteroatoms. The van der Waals surface area contributed by atoms with Crippen LogP contribution in [0, 0.1) is 0 Å². The minimum atomic E-state index is 0.286. The molecule has 0 saturated heterocycles. The fourth-order valence-electron chi connectivity index (χ4n) is 2.84. The third-order valence-corrected chi connectivity index (χ3v) is 3.84. The number of Topliss-reactive ketones (excluding diaryl/α,β-unsaturated/α-hetero) is 1. The van der Waals surface area contributed by atoms with Gasteiger partial charge in [0.2, 0.25) is 0 Å². The van der Waals surface area contributed by atoms with Crippen LogP contribution in [0.1, 0.15) is 38.2 Å². The molecule has 0 bridgehead atoms. The van der Waals surface area contributed by atoms with Gasteiger partial charge in [-0.3, -0.25) is 4.79 Å².